The molecule has 1 N–H and O–H groups in total. The molecule has 1 fully saturated rings. The second kappa shape index (κ2) is 6.66. The maximum Gasteiger partial charge on any atom is 0.332 e. The summed E-state index contributed by atoms with van der Waals surface area (Å²) in [5.74, 6) is 0.806. The lowest BCUT2D eigenvalue weighted by Gasteiger charge is -2.33. The number of hydrogen-bond donors (Lipinski definition) is 1. The van der Waals surface area contributed by atoms with Crippen LogP contribution in [0.15, 0.2) is 0 Å². The first kappa shape index (κ1) is 15.4. The van der Waals surface area contributed by atoms with Gasteiger partial charge in [-0.2, -0.15) is 4.98 Å². The molecular formula is C13H21N5O3. The fraction of sp³-hybridized carbons (Fsp3) is 0.692. The first-order valence-electron chi connectivity index (χ1n) is 7.20. The van der Waals surface area contributed by atoms with Crippen LogP contribution in [0, 0.1) is 17.0 Å². The molecule has 0 saturated carbocycles. The molecule has 0 bridgehead atoms. The van der Waals surface area contributed by atoms with E-state index in [0.29, 0.717) is 43.7 Å². The lowest BCUT2D eigenvalue weighted by atomic mass is 10.2. The van der Waals surface area contributed by atoms with Crippen molar-refractivity contribution in [1.82, 2.24) is 9.97 Å². The molecule has 1 aromatic rings. The van der Waals surface area contributed by atoms with E-state index in [1.165, 1.54) is 0 Å². The molecular weight excluding hydrogens is 274 g/mol. The van der Waals surface area contributed by atoms with Crippen LogP contribution in [0.5, 0.6) is 0 Å². The van der Waals surface area contributed by atoms with Crippen molar-refractivity contribution >= 4 is 17.5 Å². The van der Waals surface area contributed by atoms with Crippen LogP contribution in [0.1, 0.15) is 26.0 Å². The van der Waals surface area contributed by atoms with Crippen molar-refractivity contribution < 1.29 is 9.66 Å². The molecule has 0 radical (unpaired) electrons. The Morgan fingerprint density at radius 3 is 2.86 bits per heavy atom. The van der Waals surface area contributed by atoms with Crippen LogP contribution in [0.3, 0.4) is 0 Å². The van der Waals surface area contributed by atoms with Crippen molar-refractivity contribution in [1.29, 1.82) is 0 Å². The molecule has 1 aliphatic rings. The largest absolute Gasteiger partial charge is 0.375 e. The molecule has 21 heavy (non-hydrogen) atoms. The third-order valence-electron chi connectivity index (χ3n) is 3.45. The van der Waals surface area contributed by atoms with Crippen molar-refractivity contribution in [2.45, 2.75) is 33.3 Å². The predicted molar refractivity (Wildman–Crippen MR) is 79.8 cm³/mol. The number of anilines is 2. The predicted octanol–water partition coefficient (Wildman–Crippen LogP) is 1.74. The molecule has 1 unspecified atom stereocenters. The van der Waals surface area contributed by atoms with Crippen LogP contribution in [-0.2, 0) is 4.74 Å². The Balaban J connectivity index is 2.41. The summed E-state index contributed by atoms with van der Waals surface area (Å²) >= 11 is 0. The zero-order chi connectivity index (χ0) is 15.4. The van der Waals surface area contributed by atoms with E-state index in [4.69, 9.17) is 4.74 Å². The average Bonchev–Trinajstić information content (AvgIpc) is 2.46. The van der Waals surface area contributed by atoms with Gasteiger partial charge >= 0.3 is 5.69 Å². The Kier molecular flexibility index (Phi) is 4.89. The van der Waals surface area contributed by atoms with Crippen LogP contribution in [-0.4, -0.2) is 47.2 Å². The zero-order valence-corrected chi connectivity index (χ0v) is 12.6. The van der Waals surface area contributed by atoms with Gasteiger partial charge in [-0.15, -0.1) is 0 Å². The van der Waals surface area contributed by atoms with Gasteiger partial charge in [0.25, 0.3) is 0 Å². The molecule has 0 amide bonds. The van der Waals surface area contributed by atoms with Gasteiger partial charge in [0.1, 0.15) is 5.69 Å². The van der Waals surface area contributed by atoms with E-state index >= 15 is 0 Å². The lowest BCUT2D eigenvalue weighted by Crippen LogP contribution is -2.43. The Hall–Kier alpha value is -1.96. The van der Waals surface area contributed by atoms with Gasteiger partial charge < -0.3 is 15.0 Å². The molecule has 2 heterocycles. The molecule has 0 aliphatic carbocycles. The standard InChI is InChI=1S/C13H21N5O3/c1-4-10-8-17(6-7-21-10)12-11(18(19)20)9(3)15-13(16-12)14-5-2/h10H,4-8H2,1-3H3,(H,14,15,16). The molecule has 0 spiro atoms. The van der Waals surface area contributed by atoms with Crippen LogP contribution < -0.4 is 10.2 Å². The third-order valence-corrected chi connectivity index (χ3v) is 3.45. The monoisotopic (exact) mass is 295 g/mol. The van der Waals surface area contributed by atoms with Crippen molar-refractivity contribution in [2.75, 3.05) is 36.5 Å². The summed E-state index contributed by atoms with van der Waals surface area (Å²) in [6.07, 6.45) is 0.949. The zero-order valence-electron chi connectivity index (χ0n) is 12.6. The van der Waals surface area contributed by atoms with E-state index in [9.17, 15) is 10.1 Å². The van der Waals surface area contributed by atoms with Crippen molar-refractivity contribution in [3.63, 3.8) is 0 Å². The van der Waals surface area contributed by atoms with Crippen LogP contribution in [0.25, 0.3) is 0 Å². The van der Waals surface area contributed by atoms with Crippen molar-refractivity contribution in [2.24, 2.45) is 0 Å². The summed E-state index contributed by atoms with van der Waals surface area (Å²) in [5, 5.41) is 14.4. The quantitative estimate of drug-likeness (QED) is 0.653. The summed E-state index contributed by atoms with van der Waals surface area (Å²) in [7, 11) is 0. The summed E-state index contributed by atoms with van der Waals surface area (Å²) in [6, 6.07) is 0. The maximum atomic E-state index is 11.4. The van der Waals surface area contributed by atoms with Crippen LogP contribution in [0.2, 0.25) is 0 Å². The van der Waals surface area contributed by atoms with Crippen LogP contribution in [0.4, 0.5) is 17.5 Å². The number of nitro groups is 1. The number of aryl methyl sites for hydroxylation is 1. The number of hydrogen-bond acceptors (Lipinski definition) is 7. The highest BCUT2D eigenvalue weighted by atomic mass is 16.6. The number of nitrogens with one attached hydrogen (secondary N) is 1. The summed E-state index contributed by atoms with van der Waals surface area (Å²) in [4.78, 5) is 21.4. The van der Waals surface area contributed by atoms with Crippen LogP contribution >= 0.6 is 0 Å². The molecule has 0 aromatic carbocycles. The van der Waals surface area contributed by atoms with Gasteiger partial charge in [0, 0.05) is 19.6 Å². The Morgan fingerprint density at radius 1 is 1.48 bits per heavy atom. The highest BCUT2D eigenvalue weighted by Gasteiger charge is 2.29. The smallest absolute Gasteiger partial charge is 0.332 e. The molecule has 8 nitrogen and oxygen atoms in total. The van der Waals surface area contributed by atoms with Gasteiger partial charge in [-0.1, -0.05) is 6.92 Å². The van der Waals surface area contributed by atoms with E-state index in [0.717, 1.165) is 6.42 Å². The van der Waals surface area contributed by atoms with E-state index in [1.54, 1.807) is 6.92 Å². The van der Waals surface area contributed by atoms with Crippen molar-refractivity contribution in [3.05, 3.63) is 15.8 Å². The minimum Gasteiger partial charge on any atom is -0.375 e. The van der Waals surface area contributed by atoms with Gasteiger partial charge in [-0.3, -0.25) is 10.1 Å². The van der Waals surface area contributed by atoms with Gasteiger partial charge in [0.2, 0.25) is 11.8 Å². The Bertz CT molecular complexity index is 523. The third kappa shape index (κ3) is 3.38. The van der Waals surface area contributed by atoms with Gasteiger partial charge in [-0.05, 0) is 20.3 Å². The molecule has 1 atom stereocenters. The maximum absolute atomic E-state index is 11.4. The molecule has 2 rings (SSSR count). The molecule has 116 valence electrons. The number of ether oxygens (including phenoxy) is 1. The normalized spacial score (nSPS) is 18.6. The Labute approximate surface area is 123 Å². The van der Waals surface area contributed by atoms with Crippen molar-refractivity contribution in [3.8, 4) is 0 Å². The first-order valence-corrected chi connectivity index (χ1v) is 7.20. The topological polar surface area (TPSA) is 93.4 Å². The second-order valence-corrected chi connectivity index (χ2v) is 4.94. The molecule has 1 aliphatic heterocycles. The first-order chi connectivity index (χ1) is 10.1. The number of morpholine rings is 1. The fourth-order valence-corrected chi connectivity index (χ4v) is 2.38. The number of rotatable bonds is 5. The SMILES string of the molecule is CCNc1nc(C)c([N+](=O)[O-])c(N2CCOC(CC)C2)n1. The average molecular weight is 295 g/mol. The fourth-order valence-electron chi connectivity index (χ4n) is 2.38. The van der Waals surface area contributed by atoms with E-state index < -0.39 is 4.92 Å². The van der Waals surface area contributed by atoms with E-state index in [1.807, 2.05) is 18.7 Å². The van der Waals surface area contributed by atoms with Gasteiger partial charge in [0.15, 0.2) is 0 Å². The number of aromatic nitrogens is 2. The lowest BCUT2D eigenvalue weighted by molar-refractivity contribution is -0.385. The van der Waals surface area contributed by atoms with E-state index in [-0.39, 0.29) is 11.8 Å². The van der Waals surface area contributed by atoms with Gasteiger partial charge in [0.05, 0.1) is 17.6 Å². The highest BCUT2D eigenvalue weighted by Crippen LogP contribution is 2.31. The second-order valence-electron chi connectivity index (χ2n) is 4.94. The minimum absolute atomic E-state index is 0.0200. The minimum atomic E-state index is -0.406. The number of nitrogens with zero attached hydrogens (tertiary/aromatic N) is 4. The molecule has 1 saturated heterocycles. The molecule has 8 heteroatoms. The summed E-state index contributed by atoms with van der Waals surface area (Å²) < 4.78 is 5.62. The van der Waals surface area contributed by atoms with E-state index in [2.05, 4.69) is 15.3 Å². The van der Waals surface area contributed by atoms with Gasteiger partial charge in [-0.25, -0.2) is 4.98 Å². The molecule has 1 aromatic heterocycles. The summed E-state index contributed by atoms with van der Waals surface area (Å²) in [6.45, 7) is 8.03. The Morgan fingerprint density at radius 2 is 2.24 bits per heavy atom. The summed E-state index contributed by atoms with van der Waals surface area (Å²) in [5.41, 5.74) is 0.355. The highest BCUT2D eigenvalue weighted by molar-refractivity contribution is 5.62.